The summed E-state index contributed by atoms with van der Waals surface area (Å²) >= 11 is 6.99. The van der Waals surface area contributed by atoms with Gasteiger partial charge in [0, 0.05) is 28.4 Å². The van der Waals surface area contributed by atoms with E-state index in [1.54, 1.807) is 0 Å². The maximum Gasteiger partial charge on any atom is 0.311 e. The normalized spacial score (nSPS) is 39.5. The smallest absolute Gasteiger partial charge is 0.311 e. The van der Waals surface area contributed by atoms with E-state index < -0.39 is 44.0 Å². The van der Waals surface area contributed by atoms with E-state index in [0.29, 0.717) is 12.8 Å². The first-order valence-corrected chi connectivity index (χ1v) is 11.4. The molecular formula is C20H34Br2O8. The lowest BCUT2D eigenvalue weighted by Gasteiger charge is -2.23. The maximum absolute atomic E-state index is 11.3. The van der Waals surface area contributed by atoms with E-state index in [-0.39, 0.29) is 11.8 Å². The second-order valence-corrected chi connectivity index (χ2v) is 10.5. The lowest BCUT2D eigenvalue weighted by Crippen LogP contribution is -2.35. The minimum absolute atomic E-state index is 0.0163. The Balaban J connectivity index is 0.000000300. The summed E-state index contributed by atoms with van der Waals surface area (Å²) in [5.74, 6) is -1.63. The molecular weight excluding hydrogens is 528 g/mol. The third kappa shape index (κ3) is 3.46. The van der Waals surface area contributed by atoms with E-state index in [2.05, 4.69) is 31.9 Å². The molecule has 0 amide bonds. The largest absolute Gasteiger partial charge is 0.481 e. The van der Waals surface area contributed by atoms with E-state index in [0.717, 1.165) is 0 Å². The van der Waals surface area contributed by atoms with Crippen LogP contribution in [0.15, 0.2) is 0 Å². The second-order valence-electron chi connectivity index (χ2n) is 7.85. The lowest BCUT2D eigenvalue weighted by molar-refractivity contribution is -0.150. The van der Waals surface area contributed by atoms with Gasteiger partial charge in [0.1, 0.15) is 0 Å². The van der Waals surface area contributed by atoms with Gasteiger partial charge in [-0.15, -0.1) is 0 Å². The van der Waals surface area contributed by atoms with Gasteiger partial charge in [0.05, 0.1) is 19.5 Å². The Labute approximate surface area is 195 Å². The first-order valence-electron chi connectivity index (χ1n) is 9.82. The zero-order valence-corrected chi connectivity index (χ0v) is 22.0. The van der Waals surface area contributed by atoms with Gasteiger partial charge in [-0.3, -0.25) is 9.59 Å². The molecule has 2 aliphatic rings. The zero-order valence-electron chi connectivity index (χ0n) is 18.8. The first-order chi connectivity index (χ1) is 13.9. The molecule has 6 atom stereocenters. The number of aliphatic carboxylic acids is 2. The number of carboxylic acids is 2. The summed E-state index contributed by atoms with van der Waals surface area (Å²) in [5, 5.41) is 18.6. The van der Waals surface area contributed by atoms with Crippen LogP contribution in [0.5, 0.6) is 0 Å². The average molecular weight is 562 g/mol. The van der Waals surface area contributed by atoms with Gasteiger partial charge >= 0.3 is 11.9 Å². The van der Waals surface area contributed by atoms with Crippen molar-refractivity contribution in [2.75, 3.05) is 28.4 Å². The Kier molecular flexibility index (Phi) is 8.98. The van der Waals surface area contributed by atoms with Crippen molar-refractivity contribution in [2.24, 2.45) is 22.7 Å². The Morgan fingerprint density at radius 3 is 1.10 bits per heavy atom. The van der Waals surface area contributed by atoms with Crippen molar-refractivity contribution in [1.82, 2.24) is 0 Å². The van der Waals surface area contributed by atoms with E-state index >= 15 is 0 Å². The summed E-state index contributed by atoms with van der Waals surface area (Å²) in [6, 6.07) is 0. The molecule has 2 fully saturated rings. The SMILES string of the molecule is CC[C@]1(C(=O)O)[C@@H](C)[C@]1(Br)C(OC)OC.CC[C@]1(C(=O)O)[C@@H](C)[C@]1(Br)C(OC)OC. The van der Waals surface area contributed by atoms with Gasteiger partial charge in [0.2, 0.25) is 0 Å². The van der Waals surface area contributed by atoms with Gasteiger partial charge < -0.3 is 29.2 Å². The van der Waals surface area contributed by atoms with E-state index in [4.69, 9.17) is 18.9 Å². The summed E-state index contributed by atoms with van der Waals surface area (Å²) in [6.07, 6.45) is 0.0303. The third-order valence-corrected chi connectivity index (χ3v) is 10.9. The van der Waals surface area contributed by atoms with E-state index in [1.165, 1.54) is 28.4 Å². The molecule has 30 heavy (non-hydrogen) atoms. The van der Waals surface area contributed by atoms with Crippen LogP contribution in [0.2, 0.25) is 0 Å². The molecule has 176 valence electrons. The Bertz CT molecular complexity index is 586. The maximum atomic E-state index is 11.3. The number of hydrogen-bond acceptors (Lipinski definition) is 6. The van der Waals surface area contributed by atoms with Crippen molar-refractivity contribution in [3.8, 4) is 0 Å². The number of rotatable bonds is 10. The molecule has 8 nitrogen and oxygen atoms in total. The molecule has 2 N–H and O–H groups in total. The summed E-state index contributed by atoms with van der Waals surface area (Å²) in [5.41, 5.74) is -1.58. The molecule has 0 spiro atoms. The number of alkyl halides is 2. The van der Waals surface area contributed by atoms with Crippen molar-refractivity contribution < 1.29 is 38.7 Å². The van der Waals surface area contributed by atoms with Crippen LogP contribution < -0.4 is 0 Å². The van der Waals surface area contributed by atoms with Crippen molar-refractivity contribution in [2.45, 2.75) is 61.8 Å². The molecule has 10 heteroatoms. The topological polar surface area (TPSA) is 112 Å². The molecule has 2 aliphatic carbocycles. The fourth-order valence-corrected chi connectivity index (χ4v) is 8.19. The molecule has 0 bridgehead atoms. The molecule has 2 rings (SSSR count). The molecule has 2 saturated carbocycles. The average Bonchev–Trinajstić information content (AvgIpc) is 3.41. The van der Waals surface area contributed by atoms with Crippen LogP contribution in [-0.4, -0.2) is 71.8 Å². The molecule has 0 aromatic carbocycles. The number of methoxy groups -OCH3 is 4. The van der Waals surface area contributed by atoms with Crippen molar-refractivity contribution >= 4 is 43.8 Å². The van der Waals surface area contributed by atoms with Crippen LogP contribution in [-0.2, 0) is 28.5 Å². The van der Waals surface area contributed by atoms with Gasteiger partial charge in [0.15, 0.2) is 12.6 Å². The van der Waals surface area contributed by atoms with Crippen LogP contribution in [0.25, 0.3) is 0 Å². The first kappa shape index (κ1) is 27.8. The number of hydrogen-bond donors (Lipinski definition) is 2. The third-order valence-electron chi connectivity index (χ3n) is 7.36. The highest BCUT2D eigenvalue weighted by atomic mass is 79.9. The second kappa shape index (κ2) is 9.70. The molecule has 0 aliphatic heterocycles. The Morgan fingerprint density at radius 1 is 0.767 bits per heavy atom. The molecule has 0 radical (unpaired) electrons. The number of ether oxygens (including phenoxy) is 4. The Hall–Kier alpha value is -0.260. The zero-order chi connectivity index (χ0) is 23.7. The van der Waals surface area contributed by atoms with Crippen LogP contribution >= 0.6 is 31.9 Å². The highest BCUT2D eigenvalue weighted by molar-refractivity contribution is 9.10. The van der Waals surface area contributed by atoms with Crippen LogP contribution in [0.4, 0.5) is 0 Å². The van der Waals surface area contributed by atoms with Gasteiger partial charge in [-0.2, -0.15) is 0 Å². The quantitative estimate of drug-likeness (QED) is 0.306. The minimum atomic E-state index is -0.798. The highest BCUT2D eigenvalue weighted by Gasteiger charge is 2.81. The fourth-order valence-electron chi connectivity index (χ4n) is 5.30. The van der Waals surface area contributed by atoms with Crippen molar-refractivity contribution in [3.05, 3.63) is 0 Å². The Morgan fingerprint density at radius 2 is 1.00 bits per heavy atom. The monoisotopic (exact) mass is 560 g/mol. The van der Waals surface area contributed by atoms with Crippen molar-refractivity contribution in [1.29, 1.82) is 0 Å². The van der Waals surface area contributed by atoms with Gasteiger partial charge in [-0.25, -0.2) is 0 Å². The van der Waals surface area contributed by atoms with Crippen molar-refractivity contribution in [3.63, 3.8) is 0 Å². The summed E-state index contributed by atoms with van der Waals surface area (Å²) in [6.45, 7) is 7.54. The summed E-state index contributed by atoms with van der Waals surface area (Å²) < 4.78 is 19.4. The van der Waals surface area contributed by atoms with Gasteiger partial charge in [-0.1, -0.05) is 59.6 Å². The predicted octanol–water partition coefficient (Wildman–Crippen LogP) is 3.74. The summed E-state index contributed by atoms with van der Waals surface area (Å²) in [7, 11) is 6.07. The van der Waals surface area contributed by atoms with Gasteiger partial charge in [0.25, 0.3) is 0 Å². The van der Waals surface area contributed by atoms with Crippen LogP contribution in [0.3, 0.4) is 0 Å². The standard InChI is InChI=1S/2C10H17BrO4/c2*1-5-9(7(12)13)6(2)10(9,11)8(14-3)15-4/h2*6,8H,5H2,1-4H3,(H,12,13)/t2*6-,9-,10+/m11/s1. The molecule has 0 aromatic rings. The lowest BCUT2D eigenvalue weighted by atomic mass is 9.99. The molecule has 0 heterocycles. The number of carbonyl (C=O) groups is 2. The van der Waals surface area contributed by atoms with E-state index in [1.807, 2.05) is 27.7 Å². The van der Waals surface area contributed by atoms with E-state index in [9.17, 15) is 19.8 Å². The number of carboxylic acid groups (broad SMARTS) is 2. The molecule has 0 unspecified atom stereocenters. The summed E-state index contributed by atoms with van der Waals surface area (Å²) in [4.78, 5) is 22.7. The predicted molar refractivity (Wildman–Crippen MR) is 118 cm³/mol. The minimum Gasteiger partial charge on any atom is -0.481 e. The fraction of sp³-hybridized carbons (Fsp3) is 0.900. The molecule has 0 aromatic heterocycles. The van der Waals surface area contributed by atoms with Gasteiger partial charge in [-0.05, 0) is 24.7 Å². The highest BCUT2D eigenvalue weighted by Crippen LogP contribution is 2.72. The van der Waals surface area contributed by atoms with Crippen LogP contribution in [0.1, 0.15) is 40.5 Å². The van der Waals surface area contributed by atoms with Crippen LogP contribution in [0, 0.1) is 22.7 Å². The molecule has 0 saturated heterocycles. The number of halogens is 2.